The van der Waals surface area contributed by atoms with Crippen molar-refractivity contribution in [3.8, 4) is 0 Å². The van der Waals surface area contributed by atoms with Crippen molar-refractivity contribution >= 4 is 35.5 Å². The highest BCUT2D eigenvalue weighted by molar-refractivity contribution is 7.99. The molecule has 21 heavy (non-hydrogen) atoms. The van der Waals surface area contributed by atoms with E-state index < -0.39 is 17.9 Å². The second-order valence-corrected chi connectivity index (χ2v) is 5.16. The second-order valence-electron chi connectivity index (χ2n) is 4.05. The Kier molecular flexibility index (Phi) is 7.16. The molecule has 0 fully saturated rings. The normalized spacial score (nSPS) is 11.5. The molecule has 0 radical (unpaired) electrons. The molecule has 0 aliphatic carbocycles. The van der Waals surface area contributed by atoms with E-state index in [1.54, 1.807) is 6.07 Å². The lowest BCUT2D eigenvalue weighted by Gasteiger charge is -2.12. The van der Waals surface area contributed by atoms with Crippen LogP contribution in [0.2, 0.25) is 0 Å². The van der Waals surface area contributed by atoms with Crippen molar-refractivity contribution in [2.45, 2.75) is 19.4 Å². The number of rotatable bonds is 8. The summed E-state index contributed by atoms with van der Waals surface area (Å²) in [4.78, 5) is 41.0. The SMILES string of the molecule is CC(=O)NC(CCSCC(=O)Nc1ncccn1)C(=O)O. The molecular formula is C12H16N4O4S. The van der Waals surface area contributed by atoms with Crippen LogP contribution in [0.15, 0.2) is 18.5 Å². The van der Waals surface area contributed by atoms with Gasteiger partial charge in [0.1, 0.15) is 6.04 Å². The van der Waals surface area contributed by atoms with Crippen LogP contribution in [0.3, 0.4) is 0 Å². The first-order valence-corrected chi connectivity index (χ1v) is 7.29. The van der Waals surface area contributed by atoms with Gasteiger partial charge in [0.15, 0.2) is 0 Å². The number of nitrogens with one attached hydrogen (secondary N) is 2. The number of hydrogen-bond acceptors (Lipinski definition) is 6. The number of aliphatic carboxylic acids is 1. The van der Waals surface area contributed by atoms with Gasteiger partial charge in [-0.15, -0.1) is 0 Å². The average molecular weight is 312 g/mol. The van der Waals surface area contributed by atoms with Gasteiger partial charge >= 0.3 is 5.97 Å². The summed E-state index contributed by atoms with van der Waals surface area (Å²) in [5.41, 5.74) is 0. The number of carbonyl (C=O) groups is 3. The van der Waals surface area contributed by atoms with Gasteiger partial charge in [0.2, 0.25) is 17.8 Å². The number of carbonyl (C=O) groups excluding carboxylic acids is 2. The maximum Gasteiger partial charge on any atom is 0.326 e. The Morgan fingerprint density at radius 1 is 1.33 bits per heavy atom. The Morgan fingerprint density at radius 3 is 2.57 bits per heavy atom. The van der Waals surface area contributed by atoms with Crippen molar-refractivity contribution in [3.63, 3.8) is 0 Å². The molecule has 0 saturated carbocycles. The highest BCUT2D eigenvalue weighted by atomic mass is 32.2. The highest BCUT2D eigenvalue weighted by Gasteiger charge is 2.17. The Bertz CT molecular complexity index is 497. The van der Waals surface area contributed by atoms with E-state index in [-0.39, 0.29) is 24.0 Å². The minimum absolute atomic E-state index is 0.157. The van der Waals surface area contributed by atoms with Crippen molar-refractivity contribution in [2.75, 3.05) is 16.8 Å². The molecule has 0 bridgehead atoms. The van der Waals surface area contributed by atoms with Crippen LogP contribution in [0.25, 0.3) is 0 Å². The van der Waals surface area contributed by atoms with Crippen molar-refractivity contribution in [1.82, 2.24) is 15.3 Å². The molecule has 1 unspecified atom stereocenters. The first-order chi connectivity index (χ1) is 9.99. The zero-order chi connectivity index (χ0) is 15.7. The van der Waals surface area contributed by atoms with Crippen molar-refractivity contribution in [2.24, 2.45) is 0 Å². The van der Waals surface area contributed by atoms with E-state index in [2.05, 4.69) is 20.6 Å². The lowest BCUT2D eigenvalue weighted by atomic mass is 10.2. The Hall–Kier alpha value is -2.16. The third-order valence-corrected chi connectivity index (χ3v) is 3.27. The summed E-state index contributed by atoms with van der Waals surface area (Å²) in [7, 11) is 0. The van der Waals surface area contributed by atoms with Gasteiger partial charge in [-0.1, -0.05) is 0 Å². The van der Waals surface area contributed by atoms with Crippen LogP contribution in [0.5, 0.6) is 0 Å². The van der Waals surface area contributed by atoms with Crippen LogP contribution in [0.4, 0.5) is 5.95 Å². The highest BCUT2D eigenvalue weighted by Crippen LogP contribution is 2.06. The van der Waals surface area contributed by atoms with Gasteiger partial charge in [-0.3, -0.25) is 14.9 Å². The van der Waals surface area contributed by atoms with Gasteiger partial charge in [-0.25, -0.2) is 14.8 Å². The third kappa shape index (κ3) is 7.25. The lowest BCUT2D eigenvalue weighted by molar-refractivity contribution is -0.141. The molecule has 114 valence electrons. The van der Waals surface area contributed by atoms with Crippen LogP contribution in [0.1, 0.15) is 13.3 Å². The Morgan fingerprint density at radius 2 is 2.00 bits per heavy atom. The summed E-state index contributed by atoms with van der Waals surface area (Å²) < 4.78 is 0. The van der Waals surface area contributed by atoms with Gasteiger partial charge < -0.3 is 10.4 Å². The van der Waals surface area contributed by atoms with Crippen LogP contribution < -0.4 is 10.6 Å². The summed E-state index contributed by atoms with van der Waals surface area (Å²) in [6.45, 7) is 1.26. The third-order valence-electron chi connectivity index (χ3n) is 2.28. The van der Waals surface area contributed by atoms with Gasteiger partial charge in [-0.05, 0) is 18.2 Å². The number of aromatic nitrogens is 2. The zero-order valence-corrected chi connectivity index (χ0v) is 12.2. The van der Waals surface area contributed by atoms with Gasteiger partial charge in [0.25, 0.3) is 0 Å². The van der Waals surface area contributed by atoms with Gasteiger partial charge in [0.05, 0.1) is 5.75 Å². The number of amides is 2. The van der Waals surface area contributed by atoms with Gasteiger partial charge in [0, 0.05) is 19.3 Å². The number of carboxylic acid groups (broad SMARTS) is 1. The van der Waals surface area contributed by atoms with Crippen molar-refractivity contribution < 1.29 is 19.5 Å². The molecule has 0 saturated heterocycles. The lowest BCUT2D eigenvalue weighted by Crippen LogP contribution is -2.40. The molecule has 0 aromatic carbocycles. The van der Waals surface area contributed by atoms with E-state index in [0.717, 1.165) is 0 Å². The van der Waals surface area contributed by atoms with E-state index in [1.807, 2.05) is 0 Å². The largest absolute Gasteiger partial charge is 0.480 e. The molecule has 3 N–H and O–H groups in total. The number of nitrogens with zero attached hydrogens (tertiary/aromatic N) is 2. The standard InChI is InChI=1S/C12H16N4O4S/c1-8(17)15-9(11(19)20)3-6-21-7-10(18)16-12-13-4-2-5-14-12/h2,4-5,9H,3,6-7H2,1H3,(H,15,17)(H,19,20)(H,13,14,16,18). The molecule has 2 amide bonds. The molecule has 0 spiro atoms. The van der Waals surface area contributed by atoms with Crippen molar-refractivity contribution in [3.05, 3.63) is 18.5 Å². The number of anilines is 1. The predicted molar refractivity (Wildman–Crippen MR) is 77.8 cm³/mol. The molecule has 0 aliphatic heterocycles. The molecule has 1 heterocycles. The molecule has 1 rings (SSSR count). The Labute approximate surface area is 125 Å². The summed E-state index contributed by atoms with van der Waals surface area (Å²) >= 11 is 1.27. The van der Waals surface area contributed by atoms with Crippen LogP contribution in [-0.4, -0.2) is 50.4 Å². The number of hydrogen-bond donors (Lipinski definition) is 3. The first-order valence-electron chi connectivity index (χ1n) is 6.13. The second kappa shape index (κ2) is 8.90. The Balaban J connectivity index is 2.25. The first kappa shape index (κ1) is 16.9. The van der Waals surface area contributed by atoms with E-state index >= 15 is 0 Å². The quantitative estimate of drug-likeness (QED) is 0.583. The minimum Gasteiger partial charge on any atom is -0.480 e. The van der Waals surface area contributed by atoms with E-state index in [4.69, 9.17) is 5.11 Å². The summed E-state index contributed by atoms with van der Waals surface area (Å²) in [6, 6.07) is 0.703. The smallest absolute Gasteiger partial charge is 0.326 e. The fourth-order valence-corrected chi connectivity index (χ4v) is 2.20. The van der Waals surface area contributed by atoms with E-state index in [0.29, 0.717) is 5.75 Å². The summed E-state index contributed by atoms with van der Waals surface area (Å²) in [6.07, 6.45) is 3.27. The summed E-state index contributed by atoms with van der Waals surface area (Å²) in [5, 5.41) is 13.8. The van der Waals surface area contributed by atoms with Crippen LogP contribution in [-0.2, 0) is 14.4 Å². The fraction of sp³-hybridized carbons (Fsp3) is 0.417. The predicted octanol–water partition coefficient (Wildman–Crippen LogP) is 0.128. The summed E-state index contributed by atoms with van der Waals surface area (Å²) in [5.74, 6) is -0.938. The molecule has 1 atom stereocenters. The fourth-order valence-electron chi connectivity index (χ4n) is 1.39. The van der Waals surface area contributed by atoms with E-state index in [9.17, 15) is 14.4 Å². The van der Waals surface area contributed by atoms with E-state index in [1.165, 1.54) is 31.1 Å². The molecule has 8 nitrogen and oxygen atoms in total. The van der Waals surface area contributed by atoms with Crippen molar-refractivity contribution in [1.29, 1.82) is 0 Å². The molecule has 1 aromatic heterocycles. The van der Waals surface area contributed by atoms with Gasteiger partial charge in [-0.2, -0.15) is 11.8 Å². The number of thioether (sulfide) groups is 1. The maximum atomic E-state index is 11.6. The topological polar surface area (TPSA) is 121 Å². The van der Waals surface area contributed by atoms with Crippen LogP contribution >= 0.6 is 11.8 Å². The average Bonchev–Trinajstić information content (AvgIpc) is 2.42. The molecular weight excluding hydrogens is 296 g/mol. The zero-order valence-electron chi connectivity index (χ0n) is 11.4. The molecule has 1 aromatic rings. The maximum absolute atomic E-state index is 11.6. The number of carboxylic acids is 1. The molecule has 9 heteroatoms. The minimum atomic E-state index is -1.09. The monoisotopic (exact) mass is 312 g/mol. The molecule has 0 aliphatic rings. The van der Waals surface area contributed by atoms with Crippen LogP contribution in [0, 0.1) is 0 Å².